The first kappa shape index (κ1) is 20.3. The molecule has 3 N–H and O–H groups in total. The average molecular weight is 443 g/mol. The predicted molar refractivity (Wildman–Crippen MR) is 108 cm³/mol. The number of pyridine rings is 1. The monoisotopic (exact) mass is 443 g/mol. The number of imide groups is 1. The number of ether oxygens (including phenoxy) is 1. The number of carbonyl (C=O) groups excluding carboxylic acids is 2. The molecule has 31 heavy (non-hydrogen) atoms. The van der Waals surface area contributed by atoms with Gasteiger partial charge in [0.05, 0.1) is 21.7 Å². The number of rotatable bonds is 4. The van der Waals surface area contributed by atoms with Crippen molar-refractivity contribution in [2.45, 2.75) is 4.90 Å². The quantitative estimate of drug-likeness (QED) is 0.585. The van der Waals surface area contributed by atoms with Crippen LogP contribution in [0.5, 0.6) is 11.5 Å². The van der Waals surface area contributed by atoms with Gasteiger partial charge in [0.25, 0.3) is 17.4 Å². The number of nitrogens with one attached hydrogen (secondary N) is 1. The first-order valence-electron chi connectivity index (χ1n) is 8.75. The van der Waals surface area contributed by atoms with Crippen LogP contribution in [0.15, 0.2) is 58.2 Å². The largest absolute Gasteiger partial charge is 0.454 e. The molecule has 1 aliphatic rings. The summed E-state index contributed by atoms with van der Waals surface area (Å²) < 4.78 is 43.7. The van der Waals surface area contributed by atoms with Crippen molar-refractivity contribution in [3.63, 3.8) is 0 Å². The normalized spacial score (nSPS) is 13.1. The maximum absolute atomic E-state index is 14.2. The van der Waals surface area contributed by atoms with Crippen molar-refractivity contribution in [3.05, 3.63) is 75.8 Å². The second-order valence-electron chi connectivity index (χ2n) is 6.74. The van der Waals surface area contributed by atoms with E-state index >= 15 is 0 Å². The summed E-state index contributed by atoms with van der Waals surface area (Å²) in [5.41, 5.74) is 5.48. The van der Waals surface area contributed by atoms with Gasteiger partial charge in [-0.2, -0.15) is 0 Å². The Balaban J connectivity index is 1.66. The van der Waals surface area contributed by atoms with E-state index in [1.54, 1.807) is 0 Å². The SMILES string of the molecule is CS(=O)(=O)c1ccc(Oc2ccc(-n3c(N)c4c(cc3=O)C(=O)NC4=O)cc2)c(F)c1. The number of carbonyl (C=O) groups is 2. The van der Waals surface area contributed by atoms with E-state index in [9.17, 15) is 27.2 Å². The topological polar surface area (TPSA) is 138 Å². The van der Waals surface area contributed by atoms with Gasteiger partial charge in [-0.3, -0.25) is 24.3 Å². The first-order chi connectivity index (χ1) is 14.6. The minimum Gasteiger partial charge on any atom is -0.454 e. The lowest BCUT2D eigenvalue weighted by molar-refractivity contribution is 0.0880. The van der Waals surface area contributed by atoms with Crippen molar-refractivity contribution in [2.24, 2.45) is 0 Å². The van der Waals surface area contributed by atoms with Crippen molar-refractivity contribution in [2.75, 3.05) is 12.0 Å². The number of hydrogen-bond acceptors (Lipinski definition) is 7. The molecule has 3 aromatic rings. The third kappa shape index (κ3) is 3.55. The number of hydrogen-bond donors (Lipinski definition) is 2. The molecular formula is C20H14FN3O6S. The van der Waals surface area contributed by atoms with Crippen LogP contribution in [0, 0.1) is 5.82 Å². The van der Waals surface area contributed by atoms with E-state index < -0.39 is 33.0 Å². The molecule has 0 atom stereocenters. The van der Waals surface area contributed by atoms with Crippen molar-refractivity contribution in [1.29, 1.82) is 0 Å². The lowest BCUT2D eigenvalue weighted by Crippen LogP contribution is -2.24. The minimum atomic E-state index is -3.56. The maximum Gasteiger partial charge on any atom is 0.262 e. The molecule has 158 valence electrons. The molecule has 2 amide bonds. The van der Waals surface area contributed by atoms with E-state index in [0.29, 0.717) is 0 Å². The number of amides is 2. The van der Waals surface area contributed by atoms with Crippen LogP contribution in [0.3, 0.4) is 0 Å². The van der Waals surface area contributed by atoms with E-state index in [0.717, 1.165) is 23.0 Å². The smallest absolute Gasteiger partial charge is 0.262 e. The van der Waals surface area contributed by atoms with E-state index in [4.69, 9.17) is 10.5 Å². The number of anilines is 1. The number of benzene rings is 2. The van der Waals surface area contributed by atoms with Gasteiger partial charge in [0.1, 0.15) is 11.6 Å². The summed E-state index contributed by atoms with van der Waals surface area (Å²) >= 11 is 0. The van der Waals surface area contributed by atoms with Crippen LogP contribution in [0.2, 0.25) is 0 Å². The molecule has 0 saturated heterocycles. The number of nitrogen functional groups attached to an aromatic ring is 1. The molecule has 2 aromatic carbocycles. The van der Waals surface area contributed by atoms with Gasteiger partial charge in [0, 0.05) is 12.3 Å². The highest BCUT2D eigenvalue weighted by molar-refractivity contribution is 7.90. The fourth-order valence-corrected chi connectivity index (χ4v) is 3.76. The van der Waals surface area contributed by atoms with Crippen molar-refractivity contribution >= 4 is 27.5 Å². The molecule has 9 nitrogen and oxygen atoms in total. The molecule has 1 aliphatic heterocycles. The molecule has 0 unspecified atom stereocenters. The van der Waals surface area contributed by atoms with Crippen LogP contribution in [-0.4, -0.2) is 31.1 Å². The zero-order valence-electron chi connectivity index (χ0n) is 15.9. The lowest BCUT2D eigenvalue weighted by Gasteiger charge is -2.13. The summed E-state index contributed by atoms with van der Waals surface area (Å²) in [7, 11) is -3.56. The highest BCUT2D eigenvalue weighted by Crippen LogP contribution is 2.28. The number of sulfone groups is 1. The fourth-order valence-electron chi connectivity index (χ4n) is 3.13. The molecule has 0 fully saturated rings. The third-order valence-corrected chi connectivity index (χ3v) is 5.72. The molecule has 1 aromatic heterocycles. The summed E-state index contributed by atoms with van der Waals surface area (Å²) in [5.74, 6) is -2.42. The summed E-state index contributed by atoms with van der Waals surface area (Å²) in [6.45, 7) is 0. The van der Waals surface area contributed by atoms with Crippen LogP contribution in [0.4, 0.5) is 10.2 Å². The van der Waals surface area contributed by atoms with Gasteiger partial charge in [-0.1, -0.05) is 0 Å². The van der Waals surface area contributed by atoms with Crippen LogP contribution >= 0.6 is 0 Å². The molecule has 2 heterocycles. The second-order valence-corrected chi connectivity index (χ2v) is 8.75. The Labute approximate surface area is 174 Å². The Kier molecular flexibility index (Phi) is 4.62. The Morgan fingerprint density at radius 1 is 1.00 bits per heavy atom. The number of halogens is 1. The molecule has 0 aliphatic carbocycles. The summed E-state index contributed by atoms with van der Waals surface area (Å²) in [5, 5.41) is 2.08. The molecule has 0 spiro atoms. The van der Waals surface area contributed by atoms with Gasteiger partial charge < -0.3 is 10.5 Å². The first-order valence-corrected chi connectivity index (χ1v) is 10.6. The van der Waals surface area contributed by atoms with E-state index in [2.05, 4.69) is 5.32 Å². The Morgan fingerprint density at radius 2 is 1.68 bits per heavy atom. The number of fused-ring (bicyclic) bond motifs is 1. The third-order valence-electron chi connectivity index (χ3n) is 4.61. The summed E-state index contributed by atoms with van der Waals surface area (Å²) in [4.78, 5) is 35.9. The zero-order chi connectivity index (χ0) is 22.5. The Morgan fingerprint density at radius 3 is 2.29 bits per heavy atom. The summed E-state index contributed by atoms with van der Waals surface area (Å²) in [6.07, 6.45) is 0.965. The molecule has 11 heteroatoms. The molecular weight excluding hydrogens is 429 g/mol. The van der Waals surface area contributed by atoms with Gasteiger partial charge in [-0.05, 0) is 42.5 Å². The van der Waals surface area contributed by atoms with Gasteiger partial charge in [0.15, 0.2) is 21.4 Å². The average Bonchev–Trinajstić information content (AvgIpc) is 2.97. The van der Waals surface area contributed by atoms with Crippen LogP contribution in [0.25, 0.3) is 5.69 Å². The molecule has 0 radical (unpaired) electrons. The van der Waals surface area contributed by atoms with Gasteiger partial charge >= 0.3 is 0 Å². The fraction of sp³-hybridized carbons (Fsp3) is 0.0500. The minimum absolute atomic E-state index is 0.0852. The van der Waals surface area contributed by atoms with Crippen molar-refractivity contribution in [3.8, 4) is 17.2 Å². The summed E-state index contributed by atoms with van der Waals surface area (Å²) in [6, 6.07) is 10.1. The Bertz CT molecular complexity index is 1430. The lowest BCUT2D eigenvalue weighted by atomic mass is 10.1. The highest BCUT2D eigenvalue weighted by Gasteiger charge is 2.31. The van der Waals surface area contributed by atoms with E-state index in [-0.39, 0.29) is 39.0 Å². The standard InChI is InChI=1S/C20H14FN3O6S/c1-31(28,29)12-6-7-15(14(21)8-12)30-11-4-2-10(3-5-11)24-16(25)9-13-17(18(24)22)20(27)23-19(13)26/h2-9H,22H2,1H3,(H,23,26,27). The van der Waals surface area contributed by atoms with E-state index in [1.807, 2.05) is 0 Å². The zero-order valence-corrected chi connectivity index (χ0v) is 16.7. The second kappa shape index (κ2) is 7.06. The van der Waals surface area contributed by atoms with Gasteiger partial charge in [-0.15, -0.1) is 0 Å². The van der Waals surface area contributed by atoms with Gasteiger partial charge in [0.2, 0.25) is 0 Å². The van der Waals surface area contributed by atoms with Crippen molar-refractivity contribution < 1.29 is 27.1 Å². The number of aromatic nitrogens is 1. The molecule has 0 saturated carbocycles. The predicted octanol–water partition coefficient (Wildman–Crippen LogP) is 1.64. The highest BCUT2D eigenvalue weighted by atomic mass is 32.2. The Hall–Kier alpha value is -3.99. The maximum atomic E-state index is 14.2. The van der Waals surface area contributed by atoms with Crippen LogP contribution in [-0.2, 0) is 9.84 Å². The number of nitrogens with two attached hydrogens (primary N) is 1. The van der Waals surface area contributed by atoms with Crippen molar-refractivity contribution in [1.82, 2.24) is 9.88 Å². The van der Waals surface area contributed by atoms with Gasteiger partial charge in [-0.25, -0.2) is 12.8 Å². The van der Waals surface area contributed by atoms with Crippen LogP contribution in [0.1, 0.15) is 20.7 Å². The van der Waals surface area contributed by atoms with E-state index in [1.165, 1.54) is 36.4 Å². The van der Waals surface area contributed by atoms with Crippen LogP contribution < -0.4 is 21.3 Å². The number of nitrogens with zero attached hydrogens (tertiary/aromatic N) is 1. The molecule has 0 bridgehead atoms. The molecule has 4 rings (SSSR count).